The third-order valence-corrected chi connectivity index (χ3v) is 6.23. The normalized spacial score (nSPS) is 12.2. The zero-order valence-electron chi connectivity index (χ0n) is 21.6. The van der Waals surface area contributed by atoms with Gasteiger partial charge in [-0.25, -0.2) is 4.98 Å². The summed E-state index contributed by atoms with van der Waals surface area (Å²) in [5.74, 6) is 0.662. The first-order chi connectivity index (χ1) is 16.7. The van der Waals surface area contributed by atoms with E-state index in [1.54, 1.807) is 10.6 Å². The van der Waals surface area contributed by atoms with Crippen LogP contribution in [0, 0.1) is 12.8 Å². The smallest absolute Gasteiger partial charge is 0.254 e. The number of nitrogens with two attached hydrogens (primary N) is 1. The molecule has 3 aromatic rings. The summed E-state index contributed by atoms with van der Waals surface area (Å²) in [4.78, 5) is 34.1. The molecule has 6 nitrogen and oxygen atoms in total. The van der Waals surface area contributed by atoms with Crippen LogP contribution >= 0.6 is 0 Å². The Kier molecular flexibility index (Phi) is 8.99. The van der Waals surface area contributed by atoms with Crippen LogP contribution in [0.15, 0.2) is 65.5 Å². The Balaban J connectivity index is 2.18. The Hall–Kier alpha value is -3.25. The molecule has 35 heavy (non-hydrogen) atoms. The molecule has 0 fully saturated rings. The Bertz CT molecular complexity index is 1170. The Labute approximate surface area is 208 Å². The summed E-state index contributed by atoms with van der Waals surface area (Å²) in [5.41, 5.74) is 9.22. The Morgan fingerprint density at radius 3 is 2.26 bits per heavy atom. The number of amides is 1. The molecule has 0 aliphatic carbocycles. The highest BCUT2D eigenvalue weighted by Gasteiger charge is 2.32. The van der Waals surface area contributed by atoms with E-state index in [1.165, 1.54) is 0 Å². The van der Waals surface area contributed by atoms with E-state index in [2.05, 4.69) is 13.8 Å². The standard InChI is InChI=1S/C29H38N4O2/c1-20(2)25-18-26(34)33(19-23-10-7-6-8-11-23)28(31-25)27(21(3)4)32(17-9-16-30)29(35)24-14-12-22(5)13-15-24/h6-8,10-15,18,20-21,27H,9,16-17,19,30H2,1-5H3. The molecule has 0 saturated heterocycles. The van der Waals surface area contributed by atoms with Gasteiger partial charge in [0.1, 0.15) is 5.82 Å². The van der Waals surface area contributed by atoms with Crippen molar-refractivity contribution < 1.29 is 4.79 Å². The molecule has 0 bridgehead atoms. The van der Waals surface area contributed by atoms with Crippen LogP contribution in [-0.2, 0) is 6.54 Å². The summed E-state index contributed by atoms with van der Waals surface area (Å²) in [7, 11) is 0. The van der Waals surface area contributed by atoms with Gasteiger partial charge in [0.25, 0.3) is 11.5 Å². The van der Waals surface area contributed by atoms with Gasteiger partial charge in [-0.2, -0.15) is 0 Å². The molecule has 0 spiro atoms. The van der Waals surface area contributed by atoms with E-state index in [4.69, 9.17) is 10.7 Å². The molecular formula is C29H38N4O2. The summed E-state index contributed by atoms with van der Waals surface area (Å²) in [6.07, 6.45) is 0.660. The van der Waals surface area contributed by atoms with Gasteiger partial charge in [0, 0.05) is 18.2 Å². The van der Waals surface area contributed by atoms with Crippen molar-refractivity contribution in [3.05, 3.63) is 99.2 Å². The zero-order chi connectivity index (χ0) is 25.5. The maximum Gasteiger partial charge on any atom is 0.254 e. The molecule has 186 valence electrons. The van der Waals surface area contributed by atoms with Crippen LogP contribution in [0.25, 0.3) is 0 Å². The molecule has 0 aliphatic rings. The van der Waals surface area contributed by atoms with Crippen molar-refractivity contribution in [3.63, 3.8) is 0 Å². The maximum absolute atomic E-state index is 13.8. The first-order valence-corrected chi connectivity index (χ1v) is 12.5. The van der Waals surface area contributed by atoms with E-state index in [0.717, 1.165) is 16.8 Å². The molecule has 1 amide bonds. The SMILES string of the molecule is Cc1ccc(C(=O)N(CCCN)C(c2nc(C(C)C)cc(=O)n2Cc2ccccc2)C(C)C)cc1. The number of nitrogens with zero attached hydrogens (tertiary/aromatic N) is 3. The second kappa shape index (κ2) is 11.9. The monoisotopic (exact) mass is 474 g/mol. The lowest BCUT2D eigenvalue weighted by Crippen LogP contribution is -2.42. The number of carbonyl (C=O) groups excluding carboxylic acids is 1. The molecule has 0 aliphatic heterocycles. The molecule has 1 aromatic heterocycles. The van der Waals surface area contributed by atoms with Crippen molar-refractivity contribution in [2.24, 2.45) is 11.7 Å². The van der Waals surface area contributed by atoms with Crippen LogP contribution in [0.4, 0.5) is 0 Å². The molecule has 2 aromatic carbocycles. The van der Waals surface area contributed by atoms with Crippen LogP contribution in [-0.4, -0.2) is 33.4 Å². The number of aromatic nitrogens is 2. The summed E-state index contributed by atoms with van der Waals surface area (Å²) < 4.78 is 1.73. The lowest BCUT2D eigenvalue weighted by atomic mass is 9.98. The second-order valence-electron chi connectivity index (χ2n) is 9.80. The van der Waals surface area contributed by atoms with E-state index in [0.29, 0.717) is 37.4 Å². The van der Waals surface area contributed by atoms with Crippen LogP contribution < -0.4 is 11.3 Å². The van der Waals surface area contributed by atoms with Gasteiger partial charge in [-0.15, -0.1) is 0 Å². The summed E-state index contributed by atoms with van der Waals surface area (Å²) in [6, 6.07) is 18.7. The van der Waals surface area contributed by atoms with Gasteiger partial charge in [0.15, 0.2) is 0 Å². The van der Waals surface area contributed by atoms with E-state index in [-0.39, 0.29) is 29.3 Å². The first-order valence-electron chi connectivity index (χ1n) is 12.5. The van der Waals surface area contributed by atoms with Crippen molar-refractivity contribution in [2.45, 2.75) is 59.5 Å². The minimum absolute atomic E-state index is 0.0264. The van der Waals surface area contributed by atoms with Gasteiger partial charge >= 0.3 is 0 Å². The van der Waals surface area contributed by atoms with E-state index < -0.39 is 0 Å². The highest BCUT2D eigenvalue weighted by atomic mass is 16.2. The van der Waals surface area contributed by atoms with E-state index in [9.17, 15) is 9.59 Å². The summed E-state index contributed by atoms with van der Waals surface area (Å²) in [6.45, 7) is 11.6. The van der Waals surface area contributed by atoms with Crippen molar-refractivity contribution >= 4 is 5.91 Å². The quantitative estimate of drug-likeness (QED) is 0.453. The Morgan fingerprint density at radius 2 is 1.69 bits per heavy atom. The third kappa shape index (κ3) is 6.45. The minimum atomic E-state index is -0.384. The van der Waals surface area contributed by atoms with Gasteiger partial charge in [0.2, 0.25) is 0 Å². The third-order valence-electron chi connectivity index (χ3n) is 6.23. The minimum Gasteiger partial charge on any atom is -0.330 e. The van der Waals surface area contributed by atoms with E-state index in [1.807, 2.05) is 80.3 Å². The molecule has 0 radical (unpaired) electrons. The number of benzene rings is 2. The van der Waals surface area contributed by atoms with Crippen molar-refractivity contribution in [2.75, 3.05) is 13.1 Å². The van der Waals surface area contributed by atoms with Gasteiger partial charge < -0.3 is 10.6 Å². The molecule has 3 rings (SSSR count). The summed E-state index contributed by atoms with van der Waals surface area (Å²) >= 11 is 0. The number of hydrogen-bond acceptors (Lipinski definition) is 4. The highest BCUT2D eigenvalue weighted by molar-refractivity contribution is 5.94. The first kappa shape index (κ1) is 26.4. The average molecular weight is 475 g/mol. The molecule has 1 unspecified atom stereocenters. The number of hydrogen-bond donors (Lipinski definition) is 1. The molecule has 1 atom stereocenters. The molecule has 1 heterocycles. The lowest BCUT2D eigenvalue weighted by Gasteiger charge is -2.36. The number of carbonyl (C=O) groups is 1. The van der Waals surface area contributed by atoms with Crippen molar-refractivity contribution in [1.82, 2.24) is 14.5 Å². The predicted octanol–water partition coefficient (Wildman–Crippen LogP) is 4.91. The van der Waals surface area contributed by atoms with Crippen LogP contribution in [0.3, 0.4) is 0 Å². The fraction of sp³-hybridized carbons (Fsp3) is 0.414. The Morgan fingerprint density at radius 1 is 1.03 bits per heavy atom. The van der Waals surface area contributed by atoms with Gasteiger partial charge in [0.05, 0.1) is 18.3 Å². The molecule has 6 heteroatoms. The number of aryl methyl sites for hydroxylation is 1. The molecule has 2 N–H and O–H groups in total. The lowest BCUT2D eigenvalue weighted by molar-refractivity contribution is 0.0601. The van der Waals surface area contributed by atoms with Gasteiger partial charge in [-0.1, -0.05) is 75.7 Å². The zero-order valence-corrected chi connectivity index (χ0v) is 21.6. The fourth-order valence-electron chi connectivity index (χ4n) is 4.28. The fourth-order valence-corrected chi connectivity index (χ4v) is 4.28. The second-order valence-corrected chi connectivity index (χ2v) is 9.80. The van der Waals surface area contributed by atoms with Crippen LogP contribution in [0.2, 0.25) is 0 Å². The molecular weight excluding hydrogens is 436 g/mol. The van der Waals surface area contributed by atoms with Crippen LogP contribution in [0.5, 0.6) is 0 Å². The largest absolute Gasteiger partial charge is 0.330 e. The predicted molar refractivity (Wildman–Crippen MR) is 142 cm³/mol. The van der Waals surface area contributed by atoms with Crippen molar-refractivity contribution in [1.29, 1.82) is 0 Å². The maximum atomic E-state index is 13.8. The van der Waals surface area contributed by atoms with Gasteiger partial charge in [-0.05, 0) is 49.4 Å². The van der Waals surface area contributed by atoms with Crippen molar-refractivity contribution in [3.8, 4) is 0 Å². The van der Waals surface area contributed by atoms with E-state index >= 15 is 0 Å². The van der Waals surface area contributed by atoms with Crippen LogP contribution in [0.1, 0.15) is 79.1 Å². The number of rotatable bonds is 10. The summed E-state index contributed by atoms with van der Waals surface area (Å²) in [5, 5.41) is 0. The highest BCUT2D eigenvalue weighted by Crippen LogP contribution is 2.30. The average Bonchev–Trinajstić information content (AvgIpc) is 2.83. The van der Waals surface area contributed by atoms with Gasteiger partial charge in [-0.3, -0.25) is 14.2 Å². The topological polar surface area (TPSA) is 81.2 Å². The molecule has 0 saturated carbocycles.